The van der Waals surface area contributed by atoms with E-state index in [1.165, 1.54) is 6.92 Å². The first-order valence-corrected chi connectivity index (χ1v) is 15.0. The van der Waals surface area contributed by atoms with Gasteiger partial charge in [-0.15, -0.1) is 0 Å². The van der Waals surface area contributed by atoms with Crippen LogP contribution in [0.3, 0.4) is 0 Å². The summed E-state index contributed by atoms with van der Waals surface area (Å²) in [7, 11) is 4.70. The van der Waals surface area contributed by atoms with Crippen LogP contribution in [0.5, 0.6) is 28.7 Å². The van der Waals surface area contributed by atoms with Crippen molar-refractivity contribution in [1.29, 1.82) is 0 Å². The molecule has 238 valence electrons. The van der Waals surface area contributed by atoms with Crippen molar-refractivity contribution in [3.8, 4) is 39.9 Å². The maximum atomic E-state index is 13.5. The Morgan fingerprint density at radius 2 is 1.71 bits per heavy atom. The van der Waals surface area contributed by atoms with Gasteiger partial charge in [-0.2, -0.15) is 0 Å². The second-order valence-electron chi connectivity index (χ2n) is 10.9. The van der Waals surface area contributed by atoms with Gasteiger partial charge in [-0.1, -0.05) is 12.5 Å². The van der Waals surface area contributed by atoms with Crippen molar-refractivity contribution in [3.63, 3.8) is 0 Å². The highest BCUT2D eigenvalue weighted by Gasteiger charge is 2.29. The standard InChI is InChI=1S/C34H39N3O8/c1-20(38)36-25-12-9-21-16-30(41-2)33(42-3)34(43-4)32(21)23-11-13-26(27(39)18-24(23)25)35-15-7-5-6-8-31(40)37-22-10-14-28-29(17-22)45-19-44-28/h10-11,13-14,16-18,25H,5-9,12,15,19H2,1-4H3,(H,35,39)(H,36,38)(H,37,40)/t25-/m1/s1. The number of amides is 2. The Kier molecular flexibility index (Phi) is 9.96. The normalized spacial score (nSPS) is 14.4. The summed E-state index contributed by atoms with van der Waals surface area (Å²) < 4.78 is 27.7. The molecule has 0 saturated carbocycles. The molecule has 0 spiro atoms. The molecule has 3 aromatic rings. The topological polar surface area (TPSA) is 133 Å². The molecule has 0 saturated heterocycles. The molecule has 3 aromatic carbocycles. The van der Waals surface area contributed by atoms with E-state index in [1.807, 2.05) is 12.1 Å². The van der Waals surface area contributed by atoms with E-state index in [4.69, 9.17) is 23.7 Å². The Labute approximate surface area is 262 Å². The second kappa shape index (κ2) is 14.2. The molecule has 2 amide bonds. The Morgan fingerprint density at radius 3 is 2.47 bits per heavy atom. The number of rotatable bonds is 12. The van der Waals surface area contributed by atoms with Crippen molar-refractivity contribution >= 4 is 23.2 Å². The molecule has 0 bridgehead atoms. The molecule has 5 rings (SSSR count). The van der Waals surface area contributed by atoms with Crippen LogP contribution in [0.2, 0.25) is 0 Å². The van der Waals surface area contributed by atoms with E-state index in [2.05, 4.69) is 16.0 Å². The van der Waals surface area contributed by atoms with Gasteiger partial charge in [0, 0.05) is 37.2 Å². The van der Waals surface area contributed by atoms with Crippen molar-refractivity contribution in [2.24, 2.45) is 0 Å². The molecule has 1 aliphatic carbocycles. The van der Waals surface area contributed by atoms with Crippen LogP contribution >= 0.6 is 0 Å². The number of aryl methyl sites for hydroxylation is 1. The van der Waals surface area contributed by atoms with Crippen LogP contribution in [0.4, 0.5) is 11.4 Å². The number of methoxy groups -OCH3 is 3. The minimum Gasteiger partial charge on any atom is -0.493 e. The van der Waals surface area contributed by atoms with Crippen LogP contribution in [0.1, 0.15) is 56.2 Å². The van der Waals surface area contributed by atoms with Gasteiger partial charge in [-0.3, -0.25) is 14.4 Å². The Balaban J connectivity index is 1.28. The van der Waals surface area contributed by atoms with Crippen molar-refractivity contribution in [1.82, 2.24) is 5.32 Å². The summed E-state index contributed by atoms with van der Waals surface area (Å²) in [6.45, 7) is 2.22. The number of carbonyl (C=O) groups excluding carboxylic acids is 2. The molecule has 45 heavy (non-hydrogen) atoms. The van der Waals surface area contributed by atoms with Gasteiger partial charge < -0.3 is 39.6 Å². The van der Waals surface area contributed by atoms with Crippen LogP contribution in [-0.4, -0.2) is 46.5 Å². The highest BCUT2D eigenvalue weighted by Crippen LogP contribution is 2.50. The van der Waals surface area contributed by atoms with E-state index in [-0.39, 0.29) is 30.1 Å². The van der Waals surface area contributed by atoms with E-state index >= 15 is 0 Å². The summed E-state index contributed by atoms with van der Waals surface area (Å²) in [4.78, 5) is 38.0. The fourth-order valence-corrected chi connectivity index (χ4v) is 5.86. The fourth-order valence-electron chi connectivity index (χ4n) is 5.86. The Hall–Kier alpha value is -4.93. The second-order valence-corrected chi connectivity index (χ2v) is 10.9. The number of benzene rings is 2. The molecule has 11 nitrogen and oxygen atoms in total. The van der Waals surface area contributed by atoms with Crippen LogP contribution in [-0.2, 0) is 16.0 Å². The molecule has 0 radical (unpaired) electrons. The molecule has 3 N–H and O–H groups in total. The zero-order valence-corrected chi connectivity index (χ0v) is 26.0. The smallest absolute Gasteiger partial charge is 0.231 e. The number of ether oxygens (including phenoxy) is 5. The molecule has 0 unspecified atom stereocenters. The number of hydrogen-bond donors (Lipinski definition) is 3. The van der Waals surface area contributed by atoms with Gasteiger partial charge in [0.2, 0.25) is 29.8 Å². The Bertz CT molecular complexity index is 1640. The van der Waals surface area contributed by atoms with Crippen molar-refractivity contribution in [2.45, 2.75) is 51.5 Å². The third kappa shape index (κ3) is 7.08. The summed E-state index contributed by atoms with van der Waals surface area (Å²) in [6.07, 6.45) is 3.89. The highest BCUT2D eigenvalue weighted by atomic mass is 16.7. The lowest BCUT2D eigenvalue weighted by Crippen LogP contribution is -2.26. The van der Waals surface area contributed by atoms with Gasteiger partial charge in [0.1, 0.15) is 0 Å². The molecule has 1 heterocycles. The van der Waals surface area contributed by atoms with E-state index in [9.17, 15) is 14.4 Å². The summed E-state index contributed by atoms with van der Waals surface area (Å²) in [5, 5.41) is 9.19. The molecule has 0 fully saturated rings. The highest BCUT2D eigenvalue weighted by molar-refractivity contribution is 5.91. The maximum absolute atomic E-state index is 13.5. The minimum absolute atomic E-state index is 0.0704. The van der Waals surface area contributed by atoms with Gasteiger partial charge in [0.05, 0.1) is 33.1 Å². The quantitative estimate of drug-likeness (QED) is 0.235. The van der Waals surface area contributed by atoms with Gasteiger partial charge in [-0.05, 0) is 72.7 Å². The maximum Gasteiger partial charge on any atom is 0.231 e. The monoisotopic (exact) mass is 617 g/mol. The molecular weight excluding hydrogens is 578 g/mol. The predicted molar refractivity (Wildman–Crippen MR) is 171 cm³/mol. The fraction of sp³-hybridized carbons (Fsp3) is 0.382. The van der Waals surface area contributed by atoms with Crippen LogP contribution in [0.25, 0.3) is 11.1 Å². The van der Waals surface area contributed by atoms with Gasteiger partial charge >= 0.3 is 0 Å². The summed E-state index contributed by atoms with van der Waals surface area (Å²) >= 11 is 0. The lowest BCUT2D eigenvalue weighted by atomic mass is 9.95. The number of nitrogens with one attached hydrogen (secondary N) is 3. The van der Waals surface area contributed by atoms with Gasteiger partial charge in [0.15, 0.2) is 23.0 Å². The number of carbonyl (C=O) groups is 2. The largest absolute Gasteiger partial charge is 0.493 e. The number of anilines is 2. The van der Waals surface area contributed by atoms with E-state index in [0.29, 0.717) is 77.9 Å². The average molecular weight is 618 g/mol. The summed E-state index contributed by atoms with van der Waals surface area (Å²) in [6, 6.07) is 12.1. The summed E-state index contributed by atoms with van der Waals surface area (Å²) in [5.74, 6) is 2.55. The van der Waals surface area contributed by atoms with Crippen molar-refractivity contribution in [3.05, 3.63) is 63.8 Å². The zero-order valence-electron chi connectivity index (χ0n) is 26.0. The van der Waals surface area contributed by atoms with Gasteiger partial charge in [0.25, 0.3) is 0 Å². The van der Waals surface area contributed by atoms with E-state index in [0.717, 1.165) is 29.5 Å². The average Bonchev–Trinajstić information content (AvgIpc) is 3.37. The number of unbranched alkanes of at least 4 members (excludes halogenated alkanes) is 2. The summed E-state index contributed by atoms with van der Waals surface area (Å²) in [5.41, 5.74) is 4.19. The molecule has 0 aromatic heterocycles. The SMILES string of the molecule is COc1cc2c(c(OC)c1OC)-c1ccc(NCCCCCC(=O)Nc3ccc4c(c3)OCO4)c(=O)cc1[C@H](NC(C)=O)CC2. The molecule has 1 atom stereocenters. The first-order valence-electron chi connectivity index (χ1n) is 15.0. The van der Waals surface area contributed by atoms with Crippen LogP contribution in [0.15, 0.2) is 47.3 Å². The first-order chi connectivity index (χ1) is 21.8. The van der Waals surface area contributed by atoms with Crippen LogP contribution < -0.4 is 45.1 Å². The molecular formula is C34H39N3O8. The van der Waals surface area contributed by atoms with E-state index < -0.39 is 0 Å². The number of fused-ring (bicyclic) bond motifs is 4. The first kappa shape index (κ1) is 31.5. The molecule has 1 aliphatic heterocycles. The minimum atomic E-state index is -0.372. The van der Waals surface area contributed by atoms with Gasteiger partial charge in [-0.25, -0.2) is 0 Å². The Morgan fingerprint density at radius 1 is 0.911 bits per heavy atom. The third-order valence-electron chi connectivity index (χ3n) is 7.97. The molecule has 11 heteroatoms. The molecule has 2 aliphatic rings. The third-order valence-corrected chi connectivity index (χ3v) is 7.97. The lowest BCUT2D eigenvalue weighted by Gasteiger charge is -2.19. The predicted octanol–water partition coefficient (Wildman–Crippen LogP) is 5.20. The zero-order chi connectivity index (χ0) is 31.9. The number of hydrogen-bond acceptors (Lipinski definition) is 9. The lowest BCUT2D eigenvalue weighted by molar-refractivity contribution is -0.119. The van der Waals surface area contributed by atoms with E-state index in [1.54, 1.807) is 51.7 Å². The van der Waals surface area contributed by atoms with Crippen LogP contribution in [0, 0.1) is 0 Å². The van der Waals surface area contributed by atoms with Crippen molar-refractivity contribution < 1.29 is 33.3 Å². The van der Waals surface area contributed by atoms with Crippen molar-refractivity contribution in [2.75, 3.05) is 45.3 Å².